The maximum Gasteiger partial charge on any atom is 0.0499 e. The molecule has 2 atom stereocenters. The van der Waals surface area contributed by atoms with E-state index in [2.05, 4.69) is 40.7 Å². The molecule has 1 nitrogen and oxygen atoms in total. The Hall–Kier alpha value is -0.300. The third-order valence-corrected chi connectivity index (χ3v) is 5.72. The molecule has 2 rings (SSSR count). The second-order valence-corrected chi connectivity index (χ2v) is 7.16. The van der Waals surface area contributed by atoms with Crippen LogP contribution in [0, 0.1) is 22.2 Å². The van der Waals surface area contributed by atoms with Crippen LogP contribution in [0.5, 0.6) is 0 Å². The lowest BCUT2D eigenvalue weighted by atomic mass is 9.53. The molecule has 2 aliphatic carbocycles. The van der Waals surface area contributed by atoms with Crippen LogP contribution in [0.1, 0.15) is 53.9 Å². The lowest BCUT2D eigenvalue weighted by Crippen LogP contribution is -2.43. The molecule has 0 aromatic heterocycles. The molecule has 0 bridgehead atoms. The zero-order valence-corrected chi connectivity index (χ0v) is 11.4. The number of aliphatic hydroxyl groups is 1. The zero-order chi connectivity index (χ0) is 12.2. The average Bonchev–Trinajstić information content (AvgIpc) is 2.35. The Kier molecular flexibility index (Phi) is 2.55. The summed E-state index contributed by atoms with van der Waals surface area (Å²) in [5.74, 6) is 0.338. The quantitative estimate of drug-likeness (QED) is 0.669. The summed E-state index contributed by atoms with van der Waals surface area (Å²) in [4.78, 5) is 0. The predicted molar refractivity (Wildman–Crippen MR) is 68.2 cm³/mol. The summed E-state index contributed by atoms with van der Waals surface area (Å²) in [7, 11) is 0. The highest BCUT2D eigenvalue weighted by Gasteiger charge is 2.56. The summed E-state index contributed by atoms with van der Waals surface area (Å²) in [5, 5.41) is 9.59. The third-order valence-electron chi connectivity index (χ3n) is 5.72. The molecule has 2 aliphatic rings. The van der Waals surface area contributed by atoms with Gasteiger partial charge in [-0.05, 0) is 29.1 Å². The van der Waals surface area contributed by atoms with Gasteiger partial charge in [0.2, 0.25) is 0 Å². The van der Waals surface area contributed by atoms with E-state index in [-0.39, 0.29) is 5.41 Å². The lowest BCUT2D eigenvalue weighted by Gasteiger charge is -2.51. The van der Waals surface area contributed by atoms with E-state index in [4.69, 9.17) is 0 Å². The van der Waals surface area contributed by atoms with E-state index >= 15 is 0 Å². The number of fused-ring (bicyclic) bond motifs is 1. The second-order valence-electron chi connectivity index (χ2n) is 7.16. The largest absolute Gasteiger partial charge is 0.396 e. The van der Waals surface area contributed by atoms with Crippen molar-refractivity contribution in [3.63, 3.8) is 0 Å². The summed E-state index contributed by atoms with van der Waals surface area (Å²) >= 11 is 0. The molecule has 0 radical (unpaired) electrons. The smallest absolute Gasteiger partial charge is 0.0499 e. The van der Waals surface area contributed by atoms with E-state index in [1.807, 2.05) is 0 Å². The molecule has 16 heavy (non-hydrogen) atoms. The Bertz CT molecular complexity index is 324. The molecule has 1 fully saturated rings. The first-order valence-corrected chi connectivity index (χ1v) is 6.59. The van der Waals surface area contributed by atoms with Gasteiger partial charge >= 0.3 is 0 Å². The number of hydrogen-bond donors (Lipinski definition) is 1. The first kappa shape index (κ1) is 12.2. The monoisotopic (exact) mass is 222 g/mol. The molecule has 1 N–H and O–H groups in total. The fourth-order valence-corrected chi connectivity index (χ4v) is 4.08. The fraction of sp³-hybridized carbons (Fsp3) is 0.867. The van der Waals surface area contributed by atoms with Gasteiger partial charge in [-0.3, -0.25) is 0 Å². The molecule has 1 heteroatoms. The molecule has 0 amide bonds. The van der Waals surface area contributed by atoms with Gasteiger partial charge in [-0.2, -0.15) is 0 Å². The number of hydrogen-bond acceptors (Lipinski definition) is 1. The van der Waals surface area contributed by atoms with Gasteiger partial charge in [0.1, 0.15) is 0 Å². The Morgan fingerprint density at radius 1 is 1.19 bits per heavy atom. The predicted octanol–water partition coefficient (Wildman–Crippen LogP) is 3.78. The number of aliphatic hydroxyl groups excluding tert-OH is 1. The van der Waals surface area contributed by atoms with Crippen LogP contribution in [-0.4, -0.2) is 11.7 Å². The minimum Gasteiger partial charge on any atom is -0.396 e. The molecular weight excluding hydrogens is 196 g/mol. The molecule has 0 unspecified atom stereocenters. The Morgan fingerprint density at radius 2 is 1.81 bits per heavy atom. The van der Waals surface area contributed by atoms with Crippen molar-refractivity contribution < 1.29 is 5.11 Å². The van der Waals surface area contributed by atoms with Gasteiger partial charge < -0.3 is 5.11 Å². The van der Waals surface area contributed by atoms with Crippen LogP contribution in [0.25, 0.3) is 0 Å². The van der Waals surface area contributed by atoms with Crippen LogP contribution in [0.2, 0.25) is 0 Å². The summed E-state index contributed by atoms with van der Waals surface area (Å²) in [6.45, 7) is 12.1. The van der Waals surface area contributed by atoms with Gasteiger partial charge in [-0.1, -0.05) is 52.7 Å². The van der Waals surface area contributed by atoms with Crippen LogP contribution in [-0.2, 0) is 0 Å². The normalized spacial score (nSPS) is 40.4. The highest BCUT2D eigenvalue weighted by Crippen LogP contribution is 2.65. The van der Waals surface area contributed by atoms with E-state index < -0.39 is 0 Å². The molecule has 1 saturated carbocycles. The molecule has 0 aliphatic heterocycles. The molecule has 0 aromatic rings. The molecule has 0 aromatic carbocycles. The van der Waals surface area contributed by atoms with Crippen molar-refractivity contribution in [2.45, 2.75) is 53.9 Å². The van der Waals surface area contributed by atoms with Crippen LogP contribution < -0.4 is 0 Å². The number of rotatable bonds is 1. The average molecular weight is 222 g/mol. The van der Waals surface area contributed by atoms with Crippen LogP contribution in [0.3, 0.4) is 0 Å². The van der Waals surface area contributed by atoms with Crippen molar-refractivity contribution in [3.8, 4) is 0 Å². The van der Waals surface area contributed by atoms with Gasteiger partial charge in [0.25, 0.3) is 0 Å². The van der Waals surface area contributed by atoms with Crippen molar-refractivity contribution in [3.05, 3.63) is 11.6 Å². The lowest BCUT2D eigenvalue weighted by molar-refractivity contribution is 0.0325. The van der Waals surface area contributed by atoms with Gasteiger partial charge in [0, 0.05) is 12.5 Å². The Morgan fingerprint density at radius 3 is 2.31 bits per heavy atom. The summed E-state index contributed by atoms with van der Waals surface area (Å²) in [6.07, 6.45) is 6.29. The first-order valence-electron chi connectivity index (χ1n) is 6.59. The van der Waals surface area contributed by atoms with Crippen LogP contribution in [0.4, 0.5) is 0 Å². The minimum absolute atomic E-state index is 0.203. The highest BCUT2D eigenvalue weighted by atomic mass is 16.3. The topological polar surface area (TPSA) is 20.2 Å². The van der Waals surface area contributed by atoms with Crippen molar-refractivity contribution in [1.29, 1.82) is 0 Å². The van der Waals surface area contributed by atoms with Crippen LogP contribution >= 0.6 is 0 Å². The van der Waals surface area contributed by atoms with E-state index in [1.165, 1.54) is 19.3 Å². The van der Waals surface area contributed by atoms with Crippen molar-refractivity contribution in [2.75, 3.05) is 6.61 Å². The fourth-order valence-electron chi connectivity index (χ4n) is 4.08. The second kappa shape index (κ2) is 3.35. The van der Waals surface area contributed by atoms with Gasteiger partial charge in [0.15, 0.2) is 0 Å². The highest BCUT2D eigenvalue weighted by molar-refractivity contribution is 5.34. The van der Waals surface area contributed by atoms with E-state index in [0.29, 0.717) is 23.4 Å². The first-order chi connectivity index (χ1) is 7.25. The molecule has 92 valence electrons. The molecular formula is C15H26O. The zero-order valence-electron chi connectivity index (χ0n) is 11.4. The SMILES string of the molecule is CC1(C)CCC[C@]2(C)C1=C[C@@H](CO)C2(C)C. The van der Waals surface area contributed by atoms with Crippen molar-refractivity contribution in [2.24, 2.45) is 22.2 Å². The van der Waals surface area contributed by atoms with Gasteiger partial charge in [-0.15, -0.1) is 0 Å². The third kappa shape index (κ3) is 1.33. The Labute approximate surface area is 99.9 Å². The van der Waals surface area contributed by atoms with Gasteiger partial charge in [-0.25, -0.2) is 0 Å². The van der Waals surface area contributed by atoms with Gasteiger partial charge in [0.05, 0.1) is 0 Å². The molecule has 0 saturated heterocycles. The summed E-state index contributed by atoms with van der Waals surface area (Å²) < 4.78 is 0. The van der Waals surface area contributed by atoms with Crippen LogP contribution in [0.15, 0.2) is 11.6 Å². The summed E-state index contributed by atoms with van der Waals surface area (Å²) in [5.41, 5.74) is 2.43. The maximum absolute atomic E-state index is 9.59. The molecule has 0 spiro atoms. The van der Waals surface area contributed by atoms with Crippen molar-refractivity contribution in [1.82, 2.24) is 0 Å². The van der Waals surface area contributed by atoms with E-state index in [9.17, 15) is 5.11 Å². The standard InChI is InChI=1S/C15H26O/c1-13(2)7-6-8-15(5)12(13)9-11(10-16)14(15,3)4/h9,11,16H,6-8,10H2,1-5H3/t11-,15+/m0/s1. The number of allylic oxidation sites excluding steroid dienone is 1. The van der Waals surface area contributed by atoms with E-state index in [1.54, 1.807) is 5.57 Å². The maximum atomic E-state index is 9.59. The Balaban J connectivity index is 2.49. The molecule has 0 heterocycles. The summed E-state index contributed by atoms with van der Waals surface area (Å²) in [6, 6.07) is 0. The van der Waals surface area contributed by atoms with E-state index in [0.717, 1.165) is 0 Å². The van der Waals surface area contributed by atoms with Crippen molar-refractivity contribution >= 4 is 0 Å². The minimum atomic E-state index is 0.203.